The molecular weight excluding hydrogens is 344 g/mol. The van der Waals surface area contributed by atoms with Crippen molar-refractivity contribution in [3.05, 3.63) is 62.6 Å². The number of carbonyl (C=O) groups excluding carboxylic acids is 1. The van der Waals surface area contributed by atoms with E-state index >= 15 is 0 Å². The molecule has 0 aliphatic rings. The van der Waals surface area contributed by atoms with E-state index in [-0.39, 0.29) is 22.4 Å². The maximum atomic E-state index is 13.0. The van der Waals surface area contributed by atoms with Crippen LogP contribution in [0.5, 0.6) is 0 Å². The fourth-order valence-electron chi connectivity index (χ4n) is 3.16. The topological polar surface area (TPSA) is 78.9 Å². The van der Waals surface area contributed by atoms with Gasteiger partial charge in [0.1, 0.15) is 0 Å². The normalized spacial score (nSPS) is 13.1. The number of carbonyl (C=O) groups is 1. The van der Waals surface area contributed by atoms with Gasteiger partial charge in [-0.3, -0.25) is 18.7 Å². The van der Waals surface area contributed by atoms with Crippen molar-refractivity contribution >= 4 is 16.9 Å². The quantitative estimate of drug-likeness (QED) is 0.664. The lowest BCUT2D eigenvalue weighted by atomic mass is 9.86. The highest BCUT2D eigenvalue weighted by atomic mass is 16.2. The van der Waals surface area contributed by atoms with Gasteiger partial charge in [-0.1, -0.05) is 45.0 Å². The molecule has 0 radical (unpaired) electrons. The van der Waals surface area contributed by atoms with Gasteiger partial charge in [-0.2, -0.15) is 0 Å². The second-order valence-electron chi connectivity index (χ2n) is 7.90. The SMILES string of the molecule is CC(C(=O)c1ccc(C(C)(C)C)cc1)n1cnc2c1c(=O)n(C)c(=O)n2C. The molecule has 2 heterocycles. The number of aryl methyl sites for hydroxylation is 1. The van der Waals surface area contributed by atoms with Crippen molar-refractivity contribution < 1.29 is 4.79 Å². The number of hydrogen-bond acceptors (Lipinski definition) is 4. The van der Waals surface area contributed by atoms with E-state index in [0.717, 1.165) is 10.1 Å². The van der Waals surface area contributed by atoms with Crippen molar-refractivity contribution in [3.8, 4) is 0 Å². The molecule has 3 aromatic rings. The van der Waals surface area contributed by atoms with E-state index in [0.29, 0.717) is 5.56 Å². The van der Waals surface area contributed by atoms with Crippen LogP contribution in [0.15, 0.2) is 40.2 Å². The highest BCUT2D eigenvalue weighted by molar-refractivity contribution is 5.99. The maximum Gasteiger partial charge on any atom is 0.332 e. The first-order valence-corrected chi connectivity index (χ1v) is 8.81. The van der Waals surface area contributed by atoms with E-state index in [1.807, 2.05) is 24.3 Å². The van der Waals surface area contributed by atoms with Crippen LogP contribution < -0.4 is 11.2 Å². The Morgan fingerprint density at radius 1 is 1.04 bits per heavy atom. The molecule has 0 aliphatic heterocycles. The molecule has 0 fully saturated rings. The van der Waals surface area contributed by atoms with E-state index in [2.05, 4.69) is 25.8 Å². The van der Waals surface area contributed by atoms with Gasteiger partial charge in [0.2, 0.25) is 0 Å². The molecule has 0 spiro atoms. The van der Waals surface area contributed by atoms with Crippen molar-refractivity contribution in [1.82, 2.24) is 18.7 Å². The molecular formula is C20H24N4O3. The number of hydrogen-bond donors (Lipinski definition) is 0. The van der Waals surface area contributed by atoms with Crippen LogP contribution in [0.25, 0.3) is 11.2 Å². The van der Waals surface area contributed by atoms with E-state index in [4.69, 9.17) is 0 Å². The summed E-state index contributed by atoms with van der Waals surface area (Å²) >= 11 is 0. The molecule has 27 heavy (non-hydrogen) atoms. The molecule has 2 aromatic heterocycles. The first-order chi connectivity index (χ1) is 12.5. The highest BCUT2D eigenvalue weighted by Crippen LogP contribution is 2.24. The van der Waals surface area contributed by atoms with Crippen LogP contribution >= 0.6 is 0 Å². The molecule has 7 nitrogen and oxygen atoms in total. The fraction of sp³-hybridized carbons (Fsp3) is 0.400. The van der Waals surface area contributed by atoms with Gasteiger partial charge in [0.25, 0.3) is 5.56 Å². The van der Waals surface area contributed by atoms with Gasteiger partial charge in [0.15, 0.2) is 16.9 Å². The zero-order chi connectivity index (χ0) is 20.1. The zero-order valence-corrected chi connectivity index (χ0v) is 16.5. The number of ketones is 1. The van der Waals surface area contributed by atoms with E-state index in [1.165, 1.54) is 22.5 Å². The third-order valence-corrected chi connectivity index (χ3v) is 5.01. The molecule has 0 amide bonds. The summed E-state index contributed by atoms with van der Waals surface area (Å²) in [6.45, 7) is 8.07. The van der Waals surface area contributed by atoms with Crippen LogP contribution in [0.3, 0.4) is 0 Å². The largest absolute Gasteiger partial charge is 0.332 e. The average Bonchev–Trinajstić information content (AvgIpc) is 3.08. The molecule has 142 valence electrons. The van der Waals surface area contributed by atoms with Crippen LogP contribution in [-0.2, 0) is 19.5 Å². The summed E-state index contributed by atoms with van der Waals surface area (Å²) in [5.41, 5.74) is 1.31. The summed E-state index contributed by atoms with van der Waals surface area (Å²) in [4.78, 5) is 41.8. The number of imidazole rings is 1. The third kappa shape index (κ3) is 3.03. The van der Waals surface area contributed by atoms with Gasteiger partial charge in [-0.05, 0) is 17.9 Å². The van der Waals surface area contributed by atoms with Gasteiger partial charge in [0.05, 0.1) is 12.4 Å². The van der Waals surface area contributed by atoms with Crippen molar-refractivity contribution in [2.45, 2.75) is 39.2 Å². The first kappa shape index (κ1) is 18.8. The molecule has 1 unspecified atom stereocenters. The minimum absolute atomic E-state index is 0.00470. The van der Waals surface area contributed by atoms with E-state index < -0.39 is 17.3 Å². The highest BCUT2D eigenvalue weighted by Gasteiger charge is 2.23. The van der Waals surface area contributed by atoms with E-state index in [9.17, 15) is 14.4 Å². The number of nitrogens with zero attached hydrogens (tertiary/aromatic N) is 4. The molecule has 1 atom stereocenters. The molecule has 1 aromatic carbocycles. The maximum absolute atomic E-state index is 13.0. The average molecular weight is 368 g/mol. The van der Waals surface area contributed by atoms with Gasteiger partial charge in [-0.25, -0.2) is 9.78 Å². The lowest BCUT2D eigenvalue weighted by molar-refractivity contribution is 0.0936. The van der Waals surface area contributed by atoms with Crippen molar-refractivity contribution in [2.75, 3.05) is 0 Å². The van der Waals surface area contributed by atoms with Crippen molar-refractivity contribution in [3.63, 3.8) is 0 Å². The zero-order valence-electron chi connectivity index (χ0n) is 16.5. The Kier molecular flexibility index (Phi) is 4.41. The lowest BCUT2D eigenvalue weighted by Gasteiger charge is -2.19. The van der Waals surface area contributed by atoms with E-state index in [1.54, 1.807) is 14.0 Å². The van der Waals surface area contributed by atoms with Crippen molar-refractivity contribution in [2.24, 2.45) is 14.1 Å². The van der Waals surface area contributed by atoms with Crippen LogP contribution in [0.4, 0.5) is 0 Å². The predicted molar refractivity (Wildman–Crippen MR) is 104 cm³/mol. The van der Waals surface area contributed by atoms with Gasteiger partial charge in [-0.15, -0.1) is 0 Å². The molecule has 0 aliphatic carbocycles. The number of fused-ring (bicyclic) bond motifs is 1. The minimum atomic E-state index is -0.624. The Morgan fingerprint density at radius 3 is 2.19 bits per heavy atom. The van der Waals surface area contributed by atoms with Crippen LogP contribution in [0.2, 0.25) is 0 Å². The molecule has 0 N–H and O–H groups in total. The molecule has 7 heteroatoms. The molecule has 3 rings (SSSR count). The van der Waals surface area contributed by atoms with Crippen LogP contribution in [-0.4, -0.2) is 24.5 Å². The summed E-state index contributed by atoms with van der Waals surface area (Å²) in [6, 6.07) is 6.91. The lowest BCUT2D eigenvalue weighted by Crippen LogP contribution is -2.38. The van der Waals surface area contributed by atoms with Gasteiger partial charge in [0, 0.05) is 19.7 Å². The fourth-order valence-corrected chi connectivity index (χ4v) is 3.16. The minimum Gasteiger partial charge on any atom is -0.314 e. The number of benzene rings is 1. The number of aromatic nitrogens is 4. The smallest absolute Gasteiger partial charge is 0.314 e. The standard InChI is InChI=1S/C20H24N4O3/c1-12(16(25)13-7-9-14(10-8-13)20(2,3)4)24-11-21-17-15(24)18(26)23(6)19(27)22(17)5/h7-12H,1-6H3. The summed E-state index contributed by atoms with van der Waals surface area (Å²) in [6.07, 6.45) is 1.44. The Balaban J connectivity index is 2.06. The monoisotopic (exact) mass is 368 g/mol. The Labute approximate surface area is 156 Å². The first-order valence-electron chi connectivity index (χ1n) is 8.81. The number of rotatable bonds is 3. The summed E-state index contributed by atoms with van der Waals surface area (Å²) in [5.74, 6) is -0.120. The second-order valence-corrected chi connectivity index (χ2v) is 7.90. The Hall–Kier alpha value is -2.96. The van der Waals surface area contributed by atoms with Gasteiger partial charge < -0.3 is 4.57 Å². The Bertz CT molecular complexity index is 1140. The van der Waals surface area contributed by atoms with Crippen LogP contribution in [0, 0.1) is 0 Å². The second kappa shape index (κ2) is 6.33. The predicted octanol–water partition coefficient (Wildman–Crippen LogP) is 2.18. The molecule has 0 saturated carbocycles. The molecule has 0 saturated heterocycles. The number of Topliss-reactive ketones (excluding diaryl/α,β-unsaturated/α-hetero) is 1. The van der Waals surface area contributed by atoms with Crippen LogP contribution in [0.1, 0.15) is 49.7 Å². The summed E-state index contributed by atoms with van der Waals surface area (Å²) < 4.78 is 3.87. The summed E-state index contributed by atoms with van der Waals surface area (Å²) in [7, 11) is 2.97. The summed E-state index contributed by atoms with van der Waals surface area (Å²) in [5, 5.41) is 0. The molecule has 0 bridgehead atoms. The van der Waals surface area contributed by atoms with Gasteiger partial charge >= 0.3 is 5.69 Å². The Morgan fingerprint density at radius 2 is 1.63 bits per heavy atom. The third-order valence-electron chi connectivity index (χ3n) is 5.01. The van der Waals surface area contributed by atoms with Crippen molar-refractivity contribution in [1.29, 1.82) is 0 Å².